The van der Waals surface area contributed by atoms with Gasteiger partial charge in [0.05, 0.1) is 12.1 Å². The summed E-state index contributed by atoms with van der Waals surface area (Å²) in [5.41, 5.74) is 3.72. The van der Waals surface area contributed by atoms with Gasteiger partial charge in [-0.3, -0.25) is 19.8 Å². The lowest BCUT2D eigenvalue weighted by molar-refractivity contribution is -0.137. The van der Waals surface area contributed by atoms with Crippen molar-refractivity contribution >= 4 is 17.5 Å². The molecule has 7 nitrogen and oxygen atoms in total. The Kier molecular flexibility index (Phi) is 6.79. The second-order valence-electron chi connectivity index (χ2n) is 8.27. The maximum atomic E-state index is 12.2. The molecule has 0 radical (unpaired) electrons. The van der Waals surface area contributed by atoms with E-state index < -0.39 is 0 Å². The standard InChI is InChI=1S/C22H32N4O3/c27-21-7-6-20(22(28)25-21)26-14-16-4-3-5-19(18(16)15-26)24-10-1-2-13-29-17-8-11-23-12-9-17/h3-5,17,20,23-24H,1-2,6-15H2,(H,25,27,28). The van der Waals surface area contributed by atoms with Crippen molar-refractivity contribution < 1.29 is 14.3 Å². The number of benzene rings is 1. The van der Waals surface area contributed by atoms with Crippen LogP contribution in [0.1, 0.15) is 49.7 Å². The van der Waals surface area contributed by atoms with Crippen molar-refractivity contribution in [1.82, 2.24) is 15.5 Å². The molecule has 3 N–H and O–H groups in total. The number of nitrogens with one attached hydrogen (secondary N) is 3. The van der Waals surface area contributed by atoms with Crippen molar-refractivity contribution in [2.75, 3.05) is 31.6 Å². The van der Waals surface area contributed by atoms with E-state index in [2.05, 4.69) is 39.0 Å². The monoisotopic (exact) mass is 400 g/mol. The van der Waals surface area contributed by atoms with Crippen molar-refractivity contribution in [3.63, 3.8) is 0 Å². The number of imide groups is 1. The number of hydrogen-bond donors (Lipinski definition) is 3. The fourth-order valence-corrected chi connectivity index (χ4v) is 4.53. The maximum absolute atomic E-state index is 12.2. The normalized spacial score (nSPS) is 23.1. The van der Waals surface area contributed by atoms with Gasteiger partial charge in [0.2, 0.25) is 11.8 Å². The van der Waals surface area contributed by atoms with Gasteiger partial charge in [0.15, 0.2) is 0 Å². The zero-order chi connectivity index (χ0) is 20.1. The number of amides is 2. The summed E-state index contributed by atoms with van der Waals surface area (Å²) in [5, 5.41) is 9.41. The lowest BCUT2D eigenvalue weighted by Crippen LogP contribution is -2.50. The van der Waals surface area contributed by atoms with E-state index >= 15 is 0 Å². The van der Waals surface area contributed by atoms with Crippen molar-refractivity contribution in [3.8, 4) is 0 Å². The molecule has 1 unspecified atom stereocenters. The first-order chi connectivity index (χ1) is 14.2. The third-order valence-corrected chi connectivity index (χ3v) is 6.18. The summed E-state index contributed by atoms with van der Waals surface area (Å²) in [4.78, 5) is 25.8. The number of nitrogens with zero attached hydrogens (tertiary/aromatic N) is 1. The van der Waals surface area contributed by atoms with Gasteiger partial charge < -0.3 is 15.4 Å². The van der Waals surface area contributed by atoms with E-state index in [4.69, 9.17) is 4.74 Å². The summed E-state index contributed by atoms with van der Waals surface area (Å²) in [6.07, 6.45) is 5.85. The highest BCUT2D eigenvalue weighted by Gasteiger charge is 2.35. The first-order valence-corrected chi connectivity index (χ1v) is 11.0. The second-order valence-corrected chi connectivity index (χ2v) is 8.27. The third-order valence-electron chi connectivity index (χ3n) is 6.18. The minimum absolute atomic E-state index is 0.155. The Labute approximate surface area is 172 Å². The van der Waals surface area contributed by atoms with Gasteiger partial charge in [-0.2, -0.15) is 0 Å². The molecular weight excluding hydrogens is 368 g/mol. The molecule has 7 heteroatoms. The molecule has 2 fully saturated rings. The van der Waals surface area contributed by atoms with Crippen LogP contribution in [-0.4, -0.2) is 55.1 Å². The van der Waals surface area contributed by atoms with Crippen LogP contribution >= 0.6 is 0 Å². The Morgan fingerprint density at radius 3 is 2.79 bits per heavy atom. The van der Waals surface area contributed by atoms with E-state index in [9.17, 15) is 9.59 Å². The van der Waals surface area contributed by atoms with Gasteiger partial charge in [0.1, 0.15) is 0 Å². The Hall–Kier alpha value is -1.96. The molecule has 2 amide bonds. The number of carbonyl (C=O) groups excluding carboxylic acids is 2. The van der Waals surface area contributed by atoms with Crippen LogP contribution in [0.15, 0.2) is 18.2 Å². The zero-order valence-electron chi connectivity index (χ0n) is 17.0. The van der Waals surface area contributed by atoms with Gasteiger partial charge in [0, 0.05) is 38.3 Å². The minimum Gasteiger partial charge on any atom is -0.385 e. The summed E-state index contributed by atoms with van der Waals surface area (Å²) < 4.78 is 5.97. The maximum Gasteiger partial charge on any atom is 0.243 e. The molecule has 4 rings (SSSR count). The highest BCUT2D eigenvalue weighted by Crippen LogP contribution is 2.32. The molecular formula is C22H32N4O3. The Balaban J connectivity index is 1.22. The van der Waals surface area contributed by atoms with E-state index in [0.717, 1.165) is 70.7 Å². The van der Waals surface area contributed by atoms with Gasteiger partial charge in [-0.05, 0) is 62.4 Å². The largest absolute Gasteiger partial charge is 0.385 e. The summed E-state index contributed by atoms with van der Waals surface area (Å²) in [7, 11) is 0. The first-order valence-electron chi connectivity index (χ1n) is 11.0. The Morgan fingerprint density at radius 1 is 1.10 bits per heavy atom. The van der Waals surface area contributed by atoms with E-state index in [0.29, 0.717) is 18.9 Å². The summed E-state index contributed by atoms with van der Waals surface area (Å²) >= 11 is 0. The molecule has 1 atom stereocenters. The topological polar surface area (TPSA) is 82.7 Å². The van der Waals surface area contributed by atoms with Crippen molar-refractivity contribution in [2.24, 2.45) is 0 Å². The molecule has 0 saturated carbocycles. The predicted octanol–water partition coefficient (Wildman–Crippen LogP) is 1.77. The van der Waals surface area contributed by atoms with Crippen molar-refractivity contribution in [1.29, 1.82) is 0 Å². The van der Waals surface area contributed by atoms with E-state index in [1.54, 1.807) is 0 Å². The molecule has 1 aromatic carbocycles. The number of piperidine rings is 2. The second kappa shape index (κ2) is 9.69. The lowest BCUT2D eigenvalue weighted by atomic mass is 10.0. The number of hydrogen-bond acceptors (Lipinski definition) is 6. The molecule has 0 spiro atoms. The van der Waals surface area contributed by atoms with Gasteiger partial charge in [0.25, 0.3) is 0 Å². The molecule has 1 aromatic rings. The quantitative estimate of drug-likeness (QED) is 0.456. The van der Waals surface area contributed by atoms with Gasteiger partial charge in [-0.15, -0.1) is 0 Å². The summed E-state index contributed by atoms with van der Waals surface area (Å²) in [5.74, 6) is -0.313. The fourth-order valence-electron chi connectivity index (χ4n) is 4.53. The number of anilines is 1. The van der Waals surface area contributed by atoms with Gasteiger partial charge in [-0.25, -0.2) is 0 Å². The lowest BCUT2D eigenvalue weighted by Gasteiger charge is -2.29. The molecule has 158 valence electrons. The highest BCUT2D eigenvalue weighted by atomic mass is 16.5. The van der Waals surface area contributed by atoms with Gasteiger partial charge >= 0.3 is 0 Å². The van der Waals surface area contributed by atoms with Crippen LogP contribution in [0, 0.1) is 0 Å². The predicted molar refractivity (Wildman–Crippen MR) is 111 cm³/mol. The average Bonchev–Trinajstić information content (AvgIpc) is 3.16. The van der Waals surface area contributed by atoms with Crippen LogP contribution in [0.4, 0.5) is 5.69 Å². The van der Waals surface area contributed by atoms with Crippen LogP contribution in [0.3, 0.4) is 0 Å². The van der Waals surface area contributed by atoms with E-state index in [1.807, 2.05) is 0 Å². The van der Waals surface area contributed by atoms with Crippen LogP contribution in [0.25, 0.3) is 0 Å². The fraction of sp³-hybridized carbons (Fsp3) is 0.636. The number of ether oxygens (including phenoxy) is 1. The van der Waals surface area contributed by atoms with Crippen LogP contribution in [-0.2, 0) is 27.4 Å². The number of rotatable bonds is 8. The van der Waals surface area contributed by atoms with Crippen LogP contribution < -0.4 is 16.0 Å². The van der Waals surface area contributed by atoms with Gasteiger partial charge in [-0.1, -0.05) is 12.1 Å². The molecule has 0 aliphatic carbocycles. The number of carbonyl (C=O) groups is 2. The summed E-state index contributed by atoms with van der Waals surface area (Å²) in [6, 6.07) is 6.13. The Bertz CT molecular complexity index is 733. The molecule has 2 saturated heterocycles. The number of unbranched alkanes of at least 4 members (excludes halogenated alkanes) is 1. The third kappa shape index (κ3) is 5.15. The van der Waals surface area contributed by atoms with Crippen molar-refractivity contribution in [3.05, 3.63) is 29.3 Å². The molecule has 0 aromatic heterocycles. The Morgan fingerprint density at radius 2 is 1.97 bits per heavy atom. The smallest absolute Gasteiger partial charge is 0.243 e. The van der Waals surface area contributed by atoms with E-state index in [1.165, 1.54) is 11.1 Å². The summed E-state index contributed by atoms with van der Waals surface area (Å²) in [6.45, 7) is 5.42. The highest BCUT2D eigenvalue weighted by molar-refractivity contribution is 6.00. The van der Waals surface area contributed by atoms with E-state index in [-0.39, 0.29) is 17.9 Å². The SMILES string of the molecule is O=C1CCC(N2Cc3cccc(NCCCCOC4CCNCC4)c3C2)C(=O)N1. The van der Waals surface area contributed by atoms with Crippen LogP contribution in [0.2, 0.25) is 0 Å². The van der Waals surface area contributed by atoms with Crippen molar-refractivity contribution in [2.45, 2.75) is 63.8 Å². The minimum atomic E-state index is -0.208. The van der Waals surface area contributed by atoms with Crippen LogP contribution in [0.5, 0.6) is 0 Å². The number of fused-ring (bicyclic) bond motifs is 1. The molecule has 29 heavy (non-hydrogen) atoms. The average molecular weight is 401 g/mol. The zero-order valence-corrected chi connectivity index (χ0v) is 17.0. The molecule has 3 aliphatic heterocycles. The molecule has 0 bridgehead atoms. The molecule has 3 aliphatic rings. The first kappa shape index (κ1) is 20.3. The molecule has 3 heterocycles.